The highest BCUT2D eigenvalue weighted by Gasteiger charge is 2.30. The van der Waals surface area contributed by atoms with Crippen molar-refractivity contribution >= 4 is 27.3 Å². The zero-order valence-corrected chi connectivity index (χ0v) is 18.8. The molecule has 162 valence electrons. The van der Waals surface area contributed by atoms with Crippen molar-refractivity contribution in [3.63, 3.8) is 0 Å². The highest BCUT2D eigenvalue weighted by atomic mass is 32.2. The smallest absolute Gasteiger partial charge is 0.238 e. The molecule has 1 aliphatic heterocycles. The number of sulfonamides is 1. The predicted molar refractivity (Wildman–Crippen MR) is 122 cm³/mol. The number of benzene rings is 2. The maximum Gasteiger partial charge on any atom is 0.238 e. The molecule has 0 unspecified atom stereocenters. The largest absolute Gasteiger partial charge is 0.348 e. The fourth-order valence-corrected chi connectivity index (χ4v) is 5.48. The van der Waals surface area contributed by atoms with E-state index in [0.717, 1.165) is 18.5 Å². The molecule has 0 spiro atoms. The Morgan fingerprint density at radius 1 is 1.16 bits per heavy atom. The molecule has 2 aromatic carbocycles. The molecule has 0 bridgehead atoms. The summed E-state index contributed by atoms with van der Waals surface area (Å²) < 4.78 is 22.9. The molecule has 8 heteroatoms. The van der Waals surface area contributed by atoms with Crippen molar-refractivity contribution in [1.82, 2.24) is 10.2 Å². The van der Waals surface area contributed by atoms with Crippen molar-refractivity contribution in [1.29, 1.82) is 0 Å². The SMILES string of the molecule is C[C@@H](NC(=O)CN1CCc2sccc2[C@@H]1c1ccccc1)c1ccc(S(N)(=O)=O)cc1. The third kappa shape index (κ3) is 4.88. The summed E-state index contributed by atoms with van der Waals surface area (Å²) >= 11 is 1.78. The lowest BCUT2D eigenvalue weighted by Gasteiger charge is -2.36. The number of thiophene rings is 1. The Kier molecular flexibility index (Phi) is 6.24. The lowest BCUT2D eigenvalue weighted by atomic mass is 9.93. The van der Waals surface area contributed by atoms with Gasteiger partial charge in [-0.2, -0.15) is 0 Å². The van der Waals surface area contributed by atoms with Crippen LogP contribution < -0.4 is 10.5 Å². The van der Waals surface area contributed by atoms with Gasteiger partial charge in [0.05, 0.1) is 23.5 Å². The van der Waals surface area contributed by atoms with E-state index in [1.54, 1.807) is 23.5 Å². The second-order valence-corrected chi connectivity index (χ2v) is 10.3. The van der Waals surface area contributed by atoms with E-state index in [1.165, 1.54) is 28.1 Å². The van der Waals surface area contributed by atoms with E-state index in [4.69, 9.17) is 5.14 Å². The number of nitrogens with one attached hydrogen (secondary N) is 1. The minimum Gasteiger partial charge on any atom is -0.348 e. The molecule has 1 amide bonds. The molecule has 0 radical (unpaired) electrons. The van der Waals surface area contributed by atoms with Gasteiger partial charge in [0.1, 0.15) is 0 Å². The van der Waals surface area contributed by atoms with Gasteiger partial charge in [-0.25, -0.2) is 13.6 Å². The van der Waals surface area contributed by atoms with Crippen LogP contribution in [0.2, 0.25) is 0 Å². The number of amides is 1. The Morgan fingerprint density at radius 3 is 2.55 bits per heavy atom. The van der Waals surface area contributed by atoms with Crippen molar-refractivity contribution in [2.75, 3.05) is 13.1 Å². The first-order chi connectivity index (χ1) is 14.8. The summed E-state index contributed by atoms with van der Waals surface area (Å²) in [6, 6.07) is 18.5. The van der Waals surface area contributed by atoms with Crippen LogP contribution in [0.3, 0.4) is 0 Å². The number of primary sulfonamides is 1. The fraction of sp³-hybridized carbons (Fsp3) is 0.261. The van der Waals surface area contributed by atoms with E-state index >= 15 is 0 Å². The van der Waals surface area contributed by atoms with Gasteiger partial charge in [0, 0.05) is 11.4 Å². The Labute approximate surface area is 186 Å². The number of hydrogen-bond donors (Lipinski definition) is 2. The Balaban J connectivity index is 1.47. The van der Waals surface area contributed by atoms with Crippen molar-refractivity contribution < 1.29 is 13.2 Å². The second kappa shape index (κ2) is 8.92. The first kappa shape index (κ1) is 21.7. The molecule has 1 aliphatic rings. The Bertz CT molecular complexity index is 1160. The third-order valence-corrected chi connectivity index (χ3v) is 7.54. The molecule has 4 rings (SSSR count). The van der Waals surface area contributed by atoms with Crippen LogP contribution in [0.25, 0.3) is 0 Å². The minimum absolute atomic E-state index is 0.0559. The van der Waals surface area contributed by atoms with Gasteiger partial charge in [-0.15, -0.1) is 11.3 Å². The quantitative estimate of drug-likeness (QED) is 0.597. The standard InChI is InChI=1S/C23H25N3O3S2/c1-16(17-7-9-19(10-8-17)31(24,28)29)25-22(27)15-26-13-11-21-20(12-14-30-21)23(26)18-5-3-2-4-6-18/h2-10,12,14,16,23H,11,13,15H2,1H3,(H,25,27)(H2,24,28,29)/t16-,23+/m1/s1. The number of hydrogen-bond acceptors (Lipinski definition) is 5. The van der Waals surface area contributed by atoms with Gasteiger partial charge in [0.2, 0.25) is 15.9 Å². The van der Waals surface area contributed by atoms with Crippen LogP contribution >= 0.6 is 11.3 Å². The summed E-state index contributed by atoms with van der Waals surface area (Å²) in [5.74, 6) is -0.0670. The molecule has 3 aromatic rings. The molecular weight excluding hydrogens is 430 g/mol. The molecule has 2 atom stereocenters. The number of rotatable bonds is 6. The lowest BCUT2D eigenvalue weighted by Crippen LogP contribution is -2.43. The van der Waals surface area contributed by atoms with Gasteiger partial charge < -0.3 is 5.32 Å². The number of carbonyl (C=O) groups is 1. The number of nitrogens with two attached hydrogens (primary N) is 1. The van der Waals surface area contributed by atoms with Gasteiger partial charge in [0.15, 0.2) is 0 Å². The van der Waals surface area contributed by atoms with Crippen molar-refractivity contribution in [2.24, 2.45) is 5.14 Å². The monoisotopic (exact) mass is 455 g/mol. The molecule has 6 nitrogen and oxygen atoms in total. The van der Waals surface area contributed by atoms with E-state index in [9.17, 15) is 13.2 Å². The Hall–Kier alpha value is -2.52. The van der Waals surface area contributed by atoms with E-state index < -0.39 is 10.0 Å². The zero-order chi connectivity index (χ0) is 22.0. The summed E-state index contributed by atoms with van der Waals surface area (Å²) in [6.45, 7) is 2.98. The zero-order valence-electron chi connectivity index (χ0n) is 17.2. The molecule has 2 heterocycles. The average molecular weight is 456 g/mol. The van der Waals surface area contributed by atoms with Gasteiger partial charge in [-0.1, -0.05) is 42.5 Å². The maximum absolute atomic E-state index is 12.9. The Morgan fingerprint density at radius 2 is 1.87 bits per heavy atom. The van der Waals surface area contributed by atoms with Gasteiger partial charge in [-0.05, 0) is 53.6 Å². The first-order valence-corrected chi connectivity index (χ1v) is 12.5. The van der Waals surface area contributed by atoms with E-state index in [-0.39, 0.29) is 29.4 Å². The molecule has 3 N–H and O–H groups in total. The summed E-state index contributed by atoms with van der Waals surface area (Å²) in [6.07, 6.45) is 0.939. The van der Waals surface area contributed by atoms with Gasteiger partial charge in [0.25, 0.3) is 0 Å². The van der Waals surface area contributed by atoms with Crippen LogP contribution in [0.4, 0.5) is 0 Å². The average Bonchev–Trinajstić information content (AvgIpc) is 3.22. The summed E-state index contributed by atoms with van der Waals surface area (Å²) in [7, 11) is -3.73. The van der Waals surface area contributed by atoms with Crippen molar-refractivity contribution in [2.45, 2.75) is 30.3 Å². The van der Waals surface area contributed by atoms with Crippen LogP contribution in [0.5, 0.6) is 0 Å². The number of carbonyl (C=O) groups excluding carboxylic acids is 1. The molecule has 1 aromatic heterocycles. The molecule has 31 heavy (non-hydrogen) atoms. The highest BCUT2D eigenvalue weighted by Crippen LogP contribution is 2.37. The van der Waals surface area contributed by atoms with Crippen LogP contribution in [-0.2, 0) is 21.2 Å². The summed E-state index contributed by atoms with van der Waals surface area (Å²) in [4.78, 5) is 16.5. The summed E-state index contributed by atoms with van der Waals surface area (Å²) in [5.41, 5.74) is 3.28. The third-order valence-electron chi connectivity index (χ3n) is 5.61. The molecular formula is C23H25N3O3S2. The molecule has 0 saturated carbocycles. The van der Waals surface area contributed by atoms with Crippen LogP contribution in [0, 0.1) is 0 Å². The second-order valence-electron chi connectivity index (χ2n) is 7.74. The van der Waals surface area contributed by atoms with Crippen LogP contribution in [-0.4, -0.2) is 32.3 Å². The van der Waals surface area contributed by atoms with E-state index in [0.29, 0.717) is 0 Å². The maximum atomic E-state index is 12.9. The minimum atomic E-state index is -3.73. The van der Waals surface area contributed by atoms with Gasteiger partial charge in [-0.3, -0.25) is 9.69 Å². The number of nitrogens with zero attached hydrogens (tertiary/aromatic N) is 1. The van der Waals surface area contributed by atoms with Crippen molar-refractivity contribution in [3.05, 3.63) is 87.6 Å². The van der Waals surface area contributed by atoms with Gasteiger partial charge >= 0.3 is 0 Å². The highest BCUT2D eigenvalue weighted by molar-refractivity contribution is 7.89. The van der Waals surface area contributed by atoms with Crippen molar-refractivity contribution in [3.8, 4) is 0 Å². The predicted octanol–water partition coefficient (Wildman–Crippen LogP) is 3.22. The lowest BCUT2D eigenvalue weighted by molar-refractivity contribution is -0.123. The van der Waals surface area contributed by atoms with E-state index in [1.807, 2.05) is 25.1 Å². The fourth-order valence-electron chi connectivity index (χ4n) is 4.07. The topological polar surface area (TPSA) is 92.5 Å². The summed E-state index contributed by atoms with van der Waals surface area (Å²) in [5, 5.41) is 10.3. The molecule has 0 aliphatic carbocycles. The first-order valence-electron chi connectivity index (χ1n) is 10.1. The van der Waals surface area contributed by atoms with Crippen LogP contribution in [0.15, 0.2) is 70.9 Å². The molecule has 0 saturated heterocycles. The normalized spacial score (nSPS) is 17.7. The molecule has 0 fully saturated rings. The van der Waals surface area contributed by atoms with E-state index in [2.05, 4.69) is 33.8 Å². The van der Waals surface area contributed by atoms with Crippen LogP contribution in [0.1, 0.15) is 40.6 Å². The number of fused-ring (bicyclic) bond motifs is 1.